The fourth-order valence-corrected chi connectivity index (χ4v) is 2.18. The summed E-state index contributed by atoms with van der Waals surface area (Å²) in [5, 5.41) is 3.51. The van der Waals surface area contributed by atoms with E-state index < -0.39 is 0 Å². The van der Waals surface area contributed by atoms with Gasteiger partial charge >= 0.3 is 0 Å². The van der Waals surface area contributed by atoms with Crippen LogP contribution in [0.3, 0.4) is 0 Å². The Morgan fingerprint density at radius 3 is 2.52 bits per heavy atom. The van der Waals surface area contributed by atoms with Crippen molar-refractivity contribution in [2.24, 2.45) is 5.92 Å². The molecule has 0 saturated carbocycles. The van der Waals surface area contributed by atoms with Gasteiger partial charge in [-0.3, -0.25) is 0 Å². The van der Waals surface area contributed by atoms with Crippen molar-refractivity contribution in [2.45, 2.75) is 26.3 Å². The van der Waals surface area contributed by atoms with E-state index in [1.807, 2.05) is 30.3 Å². The molecule has 0 fully saturated rings. The van der Waals surface area contributed by atoms with Crippen LogP contribution in [0.2, 0.25) is 0 Å². The number of benzene rings is 1. The van der Waals surface area contributed by atoms with E-state index in [1.165, 1.54) is 5.56 Å². The summed E-state index contributed by atoms with van der Waals surface area (Å²) in [5.41, 5.74) is 1.20. The molecular formula is C18H25NO2. The predicted octanol–water partition coefficient (Wildman–Crippen LogP) is 4.02. The molecule has 1 aromatic carbocycles. The van der Waals surface area contributed by atoms with Crippen LogP contribution in [0.15, 0.2) is 53.1 Å². The van der Waals surface area contributed by atoms with E-state index in [9.17, 15) is 0 Å². The Hall–Kier alpha value is -1.58. The van der Waals surface area contributed by atoms with Crippen molar-refractivity contribution in [3.63, 3.8) is 0 Å². The predicted molar refractivity (Wildman–Crippen MR) is 85.3 cm³/mol. The minimum absolute atomic E-state index is 0.0786. The van der Waals surface area contributed by atoms with Crippen molar-refractivity contribution in [2.75, 3.05) is 19.8 Å². The van der Waals surface area contributed by atoms with E-state index in [4.69, 9.17) is 9.15 Å². The lowest BCUT2D eigenvalue weighted by Crippen LogP contribution is -2.26. The quantitative estimate of drug-likeness (QED) is 0.707. The van der Waals surface area contributed by atoms with Crippen molar-refractivity contribution in [3.05, 3.63) is 60.1 Å². The van der Waals surface area contributed by atoms with Gasteiger partial charge in [0, 0.05) is 13.2 Å². The molecule has 0 aliphatic rings. The largest absolute Gasteiger partial charge is 0.467 e. The highest BCUT2D eigenvalue weighted by Gasteiger charge is 2.15. The second kappa shape index (κ2) is 8.65. The van der Waals surface area contributed by atoms with Gasteiger partial charge in [-0.05, 0) is 30.0 Å². The molecule has 0 amide bonds. The highest BCUT2D eigenvalue weighted by Crippen LogP contribution is 2.21. The van der Waals surface area contributed by atoms with Crippen LogP contribution in [0.4, 0.5) is 0 Å². The number of furan rings is 1. The van der Waals surface area contributed by atoms with Crippen molar-refractivity contribution in [1.82, 2.24) is 5.32 Å². The smallest absolute Gasteiger partial charge is 0.125 e. The fourth-order valence-electron chi connectivity index (χ4n) is 2.18. The van der Waals surface area contributed by atoms with Crippen LogP contribution in [0.1, 0.15) is 37.6 Å². The summed E-state index contributed by atoms with van der Waals surface area (Å²) in [6.45, 7) is 6.78. The van der Waals surface area contributed by atoms with Crippen molar-refractivity contribution >= 4 is 0 Å². The van der Waals surface area contributed by atoms with Gasteiger partial charge in [-0.25, -0.2) is 0 Å². The molecule has 21 heavy (non-hydrogen) atoms. The van der Waals surface area contributed by atoms with Gasteiger partial charge in [-0.2, -0.15) is 0 Å². The molecule has 1 heterocycles. The summed E-state index contributed by atoms with van der Waals surface area (Å²) in [4.78, 5) is 0. The Morgan fingerprint density at radius 1 is 1.05 bits per heavy atom. The molecule has 1 aromatic heterocycles. The third-order valence-electron chi connectivity index (χ3n) is 3.40. The van der Waals surface area contributed by atoms with Gasteiger partial charge < -0.3 is 14.5 Å². The van der Waals surface area contributed by atoms with Gasteiger partial charge in [0.2, 0.25) is 0 Å². The van der Waals surface area contributed by atoms with Crippen molar-refractivity contribution < 1.29 is 9.15 Å². The Labute approximate surface area is 127 Å². The topological polar surface area (TPSA) is 34.4 Å². The van der Waals surface area contributed by atoms with Gasteiger partial charge in [-0.1, -0.05) is 44.2 Å². The first kappa shape index (κ1) is 15.8. The molecular weight excluding hydrogens is 262 g/mol. The molecule has 1 unspecified atom stereocenters. The van der Waals surface area contributed by atoms with Crippen molar-refractivity contribution in [1.29, 1.82) is 0 Å². The van der Waals surface area contributed by atoms with Gasteiger partial charge in [0.25, 0.3) is 0 Å². The molecule has 0 spiro atoms. The first-order valence-corrected chi connectivity index (χ1v) is 7.67. The maximum atomic E-state index is 5.65. The fraction of sp³-hybridized carbons (Fsp3) is 0.444. The number of rotatable bonds is 9. The molecule has 2 aromatic rings. The average Bonchev–Trinajstić information content (AvgIpc) is 3.01. The minimum atomic E-state index is 0.0786. The molecule has 0 saturated heterocycles. The lowest BCUT2D eigenvalue weighted by molar-refractivity contribution is 0.123. The number of hydrogen-bond acceptors (Lipinski definition) is 3. The lowest BCUT2D eigenvalue weighted by Gasteiger charge is -2.17. The highest BCUT2D eigenvalue weighted by molar-refractivity contribution is 5.26. The number of hydrogen-bond donors (Lipinski definition) is 1. The maximum Gasteiger partial charge on any atom is 0.125 e. The number of nitrogens with one attached hydrogen (secondary N) is 1. The Bertz CT molecular complexity index is 479. The van der Waals surface area contributed by atoms with Gasteiger partial charge in [0.15, 0.2) is 0 Å². The first-order valence-electron chi connectivity index (χ1n) is 7.67. The van der Waals surface area contributed by atoms with Gasteiger partial charge in [-0.15, -0.1) is 0 Å². The molecule has 0 aliphatic carbocycles. The van der Waals surface area contributed by atoms with Crippen LogP contribution in [0.5, 0.6) is 0 Å². The second-order valence-corrected chi connectivity index (χ2v) is 5.61. The zero-order chi connectivity index (χ0) is 14.9. The minimum Gasteiger partial charge on any atom is -0.467 e. The first-order chi connectivity index (χ1) is 10.3. The van der Waals surface area contributed by atoms with E-state index in [2.05, 4.69) is 31.3 Å². The van der Waals surface area contributed by atoms with E-state index in [1.54, 1.807) is 6.26 Å². The van der Waals surface area contributed by atoms with Crippen LogP contribution in [-0.2, 0) is 4.74 Å². The van der Waals surface area contributed by atoms with Crippen molar-refractivity contribution in [3.8, 4) is 0 Å². The van der Waals surface area contributed by atoms with E-state index >= 15 is 0 Å². The average molecular weight is 287 g/mol. The third-order valence-corrected chi connectivity index (χ3v) is 3.40. The SMILES string of the molecule is CC(C)CCOCCNC(c1ccccc1)c1ccco1. The molecule has 3 heteroatoms. The van der Waals surface area contributed by atoms with Crippen LogP contribution in [-0.4, -0.2) is 19.8 Å². The summed E-state index contributed by atoms with van der Waals surface area (Å²) in [6.07, 6.45) is 2.83. The van der Waals surface area contributed by atoms with E-state index in [0.29, 0.717) is 5.92 Å². The second-order valence-electron chi connectivity index (χ2n) is 5.61. The normalized spacial score (nSPS) is 12.7. The Morgan fingerprint density at radius 2 is 1.86 bits per heavy atom. The van der Waals surface area contributed by atoms with Gasteiger partial charge in [0.05, 0.1) is 18.9 Å². The molecule has 2 rings (SSSR count). The third kappa shape index (κ3) is 5.37. The summed E-state index contributed by atoms with van der Waals surface area (Å²) < 4.78 is 11.2. The molecule has 0 aliphatic heterocycles. The molecule has 0 radical (unpaired) electrons. The summed E-state index contributed by atoms with van der Waals surface area (Å²) in [6, 6.07) is 14.3. The van der Waals surface area contributed by atoms with E-state index in [0.717, 1.165) is 31.9 Å². The standard InChI is InChI=1S/C18H25NO2/c1-15(2)10-13-20-14-11-19-18(17-9-6-12-21-17)16-7-4-3-5-8-16/h3-9,12,15,18-19H,10-11,13-14H2,1-2H3. The zero-order valence-electron chi connectivity index (χ0n) is 12.9. The van der Waals surface area contributed by atoms with E-state index in [-0.39, 0.29) is 6.04 Å². The molecule has 1 N–H and O–H groups in total. The summed E-state index contributed by atoms with van der Waals surface area (Å²) >= 11 is 0. The summed E-state index contributed by atoms with van der Waals surface area (Å²) in [7, 11) is 0. The zero-order valence-corrected chi connectivity index (χ0v) is 12.9. The Kier molecular flexibility index (Phi) is 6.51. The van der Waals surface area contributed by atoms with Gasteiger partial charge in [0.1, 0.15) is 5.76 Å². The maximum absolute atomic E-state index is 5.65. The number of ether oxygens (including phenoxy) is 1. The monoisotopic (exact) mass is 287 g/mol. The molecule has 114 valence electrons. The van der Waals surface area contributed by atoms with Crippen LogP contribution in [0.25, 0.3) is 0 Å². The van der Waals surface area contributed by atoms with Crippen LogP contribution in [0, 0.1) is 5.92 Å². The molecule has 0 bridgehead atoms. The van der Waals surface area contributed by atoms with Crippen LogP contribution < -0.4 is 5.32 Å². The lowest BCUT2D eigenvalue weighted by atomic mass is 10.0. The molecule has 3 nitrogen and oxygen atoms in total. The Balaban J connectivity index is 1.84. The molecule has 1 atom stereocenters. The highest BCUT2D eigenvalue weighted by atomic mass is 16.5. The van der Waals surface area contributed by atoms with Crippen LogP contribution >= 0.6 is 0 Å². The summed E-state index contributed by atoms with van der Waals surface area (Å²) in [5.74, 6) is 1.63.